The summed E-state index contributed by atoms with van der Waals surface area (Å²) in [5, 5.41) is 17.0. The van der Waals surface area contributed by atoms with E-state index in [-0.39, 0.29) is 21.1 Å². The molecule has 0 fully saturated rings. The van der Waals surface area contributed by atoms with Crippen molar-refractivity contribution in [3.05, 3.63) is 279 Å². The Morgan fingerprint density at radius 2 is 0.972 bits per heavy atom. The molecule has 9 nitrogen and oxygen atoms in total. The molecule has 0 spiro atoms. The molecule has 0 atom stereocenters. The van der Waals surface area contributed by atoms with Crippen LogP contribution in [-0.4, -0.2) is 29.5 Å². The molecule has 7 aromatic carbocycles. The molecule has 0 aliphatic rings. The predicted octanol–water partition coefficient (Wildman–Crippen LogP) is 15.3. The molecule has 72 heavy (non-hydrogen) atoms. The predicted molar refractivity (Wildman–Crippen MR) is 283 cm³/mol. The van der Waals surface area contributed by atoms with E-state index in [1.54, 1.807) is 35.4 Å². The van der Waals surface area contributed by atoms with Crippen LogP contribution in [0.25, 0.3) is 33.9 Å². The molecule has 0 radical (unpaired) electrons. The first-order valence-electron chi connectivity index (χ1n) is 22.2. The number of aromatic nitrogens is 6. The van der Waals surface area contributed by atoms with Gasteiger partial charge >= 0.3 is 56.4 Å². The van der Waals surface area contributed by atoms with Crippen LogP contribution < -0.4 is 9.80 Å². The van der Waals surface area contributed by atoms with Gasteiger partial charge in [0.25, 0.3) is 0 Å². The van der Waals surface area contributed by atoms with Crippen LogP contribution >= 0.6 is 18.8 Å². The first-order valence-corrected chi connectivity index (χ1v) is 27.8. The monoisotopic (exact) mass is 1340 g/mol. The van der Waals surface area contributed by atoms with Crippen molar-refractivity contribution in [3.8, 4) is 40.0 Å². The van der Waals surface area contributed by atoms with Gasteiger partial charge in [-0.3, -0.25) is 9.67 Å². The zero-order valence-electron chi connectivity index (χ0n) is 38.2. The smallest absolute Gasteiger partial charge is 0.352 e. The minimum Gasteiger partial charge on any atom is -0.352 e. The Labute approximate surface area is 450 Å². The molecule has 11 rings (SSSR count). The normalized spacial score (nSPS) is 10.1. The van der Waals surface area contributed by atoms with Gasteiger partial charge < -0.3 is 14.8 Å². The quantitative estimate of drug-likeness (QED) is 0.126. The Morgan fingerprint density at radius 1 is 0.458 bits per heavy atom. The molecule has 4 heterocycles. The van der Waals surface area contributed by atoms with Gasteiger partial charge in [-0.25, -0.2) is 4.68 Å². The zero-order valence-corrected chi connectivity index (χ0v) is 44.3. The second kappa shape index (κ2) is 27.6. The molecule has 0 saturated heterocycles. The van der Waals surface area contributed by atoms with Crippen molar-refractivity contribution in [2.75, 3.05) is 9.80 Å². The number of benzene rings is 7. The maximum atomic E-state index is 8.29. The van der Waals surface area contributed by atoms with E-state index in [2.05, 4.69) is 127 Å². The molecular weight excluding hydrogens is 1300 g/mol. The molecule has 358 valence electrons. The van der Waals surface area contributed by atoms with E-state index in [9.17, 15) is 0 Å². The maximum Gasteiger partial charge on any atom is 2.00 e. The van der Waals surface area contributed by atoms with Crippen LogP contribution in [0.3, 0.4) is 0 Å². The van der Waals surface area contributed by atoms with Gasteiger partial charge in [-0.05, 0) is 114 Å². The largest absolute Gasteiger partial charge is 2.00 e. The number of nitriles is 1. The van der Waals surface area contributed by atoms with Gasteiger partial charge in [0.05, 0.1) is 23.0 Å². The van der Waals surface area contributed by atoms with E-state index >= 15 is 0 Å². The van der Waals surface area contributed by atoms with E-state index in [1.165, 1.54) is 0 Å². The molecule has 0 aliphatic heterocycles. The van der Waals surface area contributed by atoms with Crippen LogP contribution in [0, 0.1) is 23.5 Å². The van der Waals surface area contributed by atoms with Crippen molar-refractivity contribution in [1.82, 2.24) is 29.5 Å². The van der Waals surface area contributed by atoms with Crippen molar-refractivity contribution in [3.63, 3.8) is 0 Å². The number of para-hydroxylation sites is 2. The fraction of sp³-hybridized carbons (Fsp3) is 0. The second-order valence-corrected chi connectivity index (χ2v) is 18.4. The van der Waals surface area contributed by atoms with E-state index < -0.39 is 16.5 Å². The van der Waals surface area contributed by atoms with Crippen LogP contribution in [0.4, 0.5) is 34.1 Å². The van der Waals surface area contributed by atoms with Gasteiger partial charge in [-0.2, -0.15) is 21.5 Å². The minimum atomic E-state index is -0.472. The van der Waals surface area contributed by atoms with Crippen LogP contribution in [0.2, 0.25) is 0 Å². The van der Waals surface area contributed by atoms with Gasteiger partial charge in [0, 0.05) is 65.5 Å². The Hall–Kier alpha value is -7.69. The van der Waals surface area contributed by atoms with Gasteiger partial charge in [-0.15, -0.1) is 48.0 Å². The average molecular weight is 1340 g/mol. The molecule has 0 bridgehead atoms. The molecule has 11 aromatic rings. The van der Waals surface area contributed by atoms with Crippen LogP contribution in [-0.2, 0) is 37.5 Å². The topological polar surface area (TPSA) is 91.7 Å². The second-order valence-electron chi connectivity index (χ2n) is 15.1. The van der Waals surface area contributed by atoms with Crippen molar-refractivity contribution in [2.45, 2.75) is 0 Å². The van der Waals surface area contributed by atoms with Gasteiger partial charge in [0.1, 0.15) is 0 Å². The number of nitrogens with zero attached hydrogens (tertiary/aromatic N) is 9. The molecule has 0 N–H and O–H groups in total. The molecule has 0 amide bonds. The van der Waals surface area contributed by atoms with E-state index in [0.717, 1.165) is 68.0 Å². The Balaban J connectivity index is 0.000000173. The number of pyridine rings is 2. The number of rotatable bonds is 10. The van der Waals surface area contributed by atoms with Crippen molar-refractivity contribution >= 4 is 53.0 Å². The van der Waals surface area contributed by atoms with E-state index in [1.807, 2.05) is 157 Å². The minimum absolute atomic E-state index is 0. The summed E-state index contributed by atoms with van der Waals surface area (Å²) in [5.74, 6) is 0. The standard InChI is InChI=1S/C26H20N4.C26H18N4.C7H5N.2ClH.2Pt/c2*1-2-10-22(11-3-1)30(25-14-7-12-23(20-25)29-18-8-17-28-29)24-13-6-9-21(19-24)26-15-4-5-16-27-26;8-6-7-4-2-1-3-5-7;;;;/h1-20H;1-18H;1-5H;2*1H;;/q;-2;;;;2*+2/p-2. The summed E-state index contributed by atoms with van der Waals surface area (Å²) >= 11 is -0.472. The summed E-state index contributed by atoms with van der Waals surface area (Å²) in [4.78, 5) is 13.4. The Kier molecular flexibility index (Phi) is 20.0. The Morgan fingerprint density at radius 3 is 1.56 bits per heavy atom. The zero-order chi connectivity index (χ0) is 48.9. The van der Waals surface area contributed by atoms with Crippen molar-refractivity contribution < 1.29 is 37.5 Å². The molecule has 4 aromatic heterocycles. The third kappa shape index (κ3) is 14.2. The molecule has 0 unspecified atom stereocenters. The van der Waals surface area contributed by atoms with Gasteiger partial charge in [0.2, 0.25) is 0 Å². The van der Waals surface area contributed by atoms with Crippen LogP contribution in [0.15, 0.2) is 262 Å². The van der Waals surface area contributed by atoms with Crippen LogP contribution in [0.1, 0.15) is 5.56 Å². The third-order valence-electron chi connectivity index (χ3n) is 10.6. The first-order chi connectivity index (χ1) is 35.1. The molecule has 0 aliphatic carbocycles. The first kappa shape index (κ1) is 52.1. The summed E-state index contributed by atoms with van der Waals surface area (Å²) in [6.45, 7) is 0. The summed E-state index contributed by atoms with van der Waals surface area (Å²) in [6, 6.07) is 83.5. The van der Waals surface area contributed by atoms with E-state index in [0.29, 0.717) is 5.56 Å². The third-order valence-corrected chi connectivity index (χ3v) is 10.6. The number of halogens is 2. The Bertz CT molecular complexity index is 3130. The molecule has 13 heteroatoms. The maximum absolute atomic E-state index is 8.29. The summed E-state index contributed by atoms with van der Waals surface area (Å²) in [5.41, 5.74) is 12.5. The summed E-state index contributed by atoms with van der Waals surface area (Å²) in [7, 11) is 9.75. The van der Waals surface area contributed by atoms with Crippen molar-refractivity contribution in [1.29, 1.82) is 5.26 Å². The SMILES string of the molecule is N#Cc1ccccc1.[Cl][Pt][Cl].[Pt+2].[c-]1c(-c2ccccn2)cccc1N(c1[c-]c(-n2cccn2)ccc1)c1ccccc1.c1ccc(N(c2cccc(-c3ccccn3)c2)c2cccc(-n3cccn3)c2)cc1. The van der Waals surface area contributed by atoms with Gasteiger partial charge in [-0.1, -0.05) is 96.7 Å². The fourth-order valence-corrected chi connectivity index (χ4v) is 7.44. The number of anilines is 6. The van der Waals surface area contributed by atoms with Crippen LogP contribution in [0.5, 0.6) is 0 Å². The van der Waals surface area contributed by atoms with Crippen molar-refractivity contribution in [2.24, 2.45) is 0 Å². The average Bonchev–Trinajstić information content (AvgIpc) is 4.21. The van der Waals surface area contributed by atoms with Gasteiger partial charge in [0.15, 0.2) is 0 Å². The summed E-state index contributed by atoms with van der Waals surface area (Å²) < 4.78 is 3.68. The number of hydrogen-bond acceptors (Lipinski definition) is 7. The molecule has 0 saturated carbocycles. The summed E-state index contributed by atoms with van der Waals surface area (Å²) in [6.07, 6.45) is 11.0. The molecular formula is C59H43Cl2N9Pt2. The fourth-order valence-electron chi connectivity index (χ4n) is 7.44. The van der Waals surface area contributed by atoms with E-state index in [4.69, 9.17) is 24.1 Å². The number of hydrogen-bond donors (Lipinski definition) is 0.